The standard InChI is InChI=1S/C24H25N5OS/c1-3-19(16-7-5-10-25-14-16)28-22-13-18-21(31-22)9-12-27-23(18)24(30)29-20(4-2)17-8-6-11-26-15-17/h5-15,19-20,28H,3-4H2,1-2H3,(H,29,30). The lowest BCUT2D eigenvalue weighted by atomic mass is 10.1. The minimum Gasteiger partial charge on any atom is -0.370 e. The summed E-state index contributed by atoms with van der Waals surface area (Å²) < 4.78 is 1.03. The summed E-state index contributed by atoms with van der Waals surface area (Å²) in [5, 5.41) is 8.56. The first-order valence-corrected chi connectivity index (χ1v) is 11.3. The van der Waals surface area contributed by atoms with Crippen molar-refractivity contribution < 1.29 is 4.79 Å². The fourth-order valence-electron chi connectivity index (χ4n) is 3.62. The highest BCUT2D eigenvalue weighted by Gasteiger charge is 2.19. The molecule has 0 aromatic carbocycles. The zero-order valence-corrected chi connectivity index (χ0v) is 18.4. The Morgan fingerprint density at radius 3 is 2.26 bits per heavy atom. The zero-order valence-electron chi connectivity index (χ0n) is 17.6. The van der Waals surface area contributed by atoms with E-state index in [2.05, 4.69) is 38.6 Å². The van der Waals surface area contributed by atoms with Gasteiger partial charge in [0.25, 0.3) is 5.91 Å². The lowest BCUT2D eigenvalue weighted by molar-refractivity contribution is 0.0932. The molecule has 0 radical (unpaired) electrons. The Bertz CT molecular complexity index is 1150. The summed E-state index contributed by atoms with van der Waals surface area (Å²) in [6.07, 6.45) is 10.6. The first-order valence-electron chi connectivity index (χ1n) is 10.4. The van der Waals surface area contributed by atoms with Gasteiger partial charge in [-0.2, -0.15) is 0 Å². The predicted molar refractivity (Wildman–Crippen MR) is 125 cm³/mol. The molecular formula is C24H25N5OS. The SMILES string of the molecule is CCC(NC(=O)c1nccc2sc(NC(CC)c3cccnc3)cc12)c1cccnc1. The second-order valence-electron chi connectivity index (χ2n) is 7.29. The molecule has 1 amide bonds. The average molecular weight is 432 g/mol. The number of pyridine rings is 3. The molecule has 7 heteroatoms. The number of thiophene rings is 1. The molecular weight excluding hydrogens is 406 g/mol. The monoisotopic (exact) mass is 431 g/mol. The van der Waals surface area contributed by atoms with E-state index in [4.69, 9.17) is 0 Å². The minimum absolute atomic E-state index is 0.107. The van der Waals surface area contributed by atoms with E-state index >= 15 is 0 Å². The molecule has 4 aromatic heterocycles. The molecule has 0 saturated carbocycles. The predicted octanol–water partition coefficient (Wildman–Crippen LogP) is 5.53. The number of amides is 1. The molecule has 0 aliphatic carbocycles. The molecule has 158 valence electrons. The van der Waals surface area contributed by atoms with Crippen molar-refractivity contribution in [3.63, 3.8) is 0 Å². The first-order chi connectivity index (χ1) is 15.2. The van der Waals surface area contributed by atoms with E-state index < -0.39 is 0 Å². The van der Waals surface area contributed by atoms with Crippen molar-refractivity contribution in [2.24, 2.45) is 0 Å². The van der Waals surface area contributed by atoms with Crippen LogP contribution in [0.3, 0.4) is 0 Å². The van der Waals surface area contributed by atoms with Crippen LogP contribution in [0.15, 0.2) is 67.4 Å². The lowest BCUT2D eigenvalue weighted by Gasteiger charge is -2.17. The van der Waals surface area contributed by atoms with Crippen LogP contribution < -0.4 is 10.6 Å². The molecule has 0 fully saturated rings. The minimum atomic E-state index is -0.176. The number of nitrogens with zero attached hydrogens (tertiary/aromatic N) is 3. The van der Waals surface area contributed by atoms with Crippen molar-refractivity contribution in [3.05, 3.63) is 84.2 Å². The lowest BCUT2D eigenvalue weighted by Crippen LogP contribution is -2.29. The van der Waals surface area contributed by atoms with Gasteiger partial charge in [-0.05, 0) is 48.2 Å². The molecule has 2 atom stereocenters. The number of fused-ring (bicyclic) bond motifs is 1. The van der Waals surface area contributed by atoms with Crippen LogP contribution in [-0.2, 0) is 0 Å². The quantitative estimate of drug-likeness (QED) is 0.383. The van der Waals surface area contributed by atoms with Gasteiger partial charge in [0.15, 0.2) is 0 Å². The van der Waals surface area contributed by atoms with Crippen LogP contribution in [0.1, 0.15) is 60.4 Å². The number of aromatic nitrogens is 3. The van der Waals surface area contributed by atoms with Gasteiger partial charge in [0, 0.05) is 41.1 Å². The van der Waals surface area contributed by atoms with Gasteiger partial charge in [-0.25, -0.2) is 0 Å². The Balaban J connectivity index is 1.58. The number of anilines is 1. The van der Waals surface area contributed by atoms with Crippen molar-refractivity contribution in [2.75, 3.05) is 5.32 Å². The third-order valence-electron chi connectivity index (χ3n) is 5.27. The second-order valence-corrected chi connectivity index (χ2v) is 8.38. The van der Waals surface area contributed by atoms with Crippen LogP contribution in [0.2, 0.25) is 0 Å². The van der Waals surface area contributed by atoms with E-state index in [1.165, 1.54) is 0 Å². The molecule has 2 unspecified atom stereocenters. The normalized spacial score (nSPS) is 13.0. The number of carbonyl (C=O) groups is 1. The summed E-state index contributed by atoms with van der Waals surface area (Å²) in [5.74, 6) is -0.176. The summed E-state index contributed by atoms with van der Waals surface area (Å²) in [6, 6.07) is 11.9. The summed E-state index contributed by atoms with van der Waals surface area (Å²) in [7, 11) is 0. The second kappa shape index (κ2) is 9.66. The average Bonchev–Trinajstić information content (AvgIpc) is 3.24. The van der Waals surface area contributed by atoms with E-state index in [1.54, 1.807) is 36.1 Å². The Morgan fingerprint density at radius 1 is 0.968 bits per heavy atom. The van der Waals surface area contributed by atoms with Gasteiger partial charge >= 0.3 is 0 Å². The molecule has 0 saturated heterocycles. The topological polar surface area (TPSA) is 79.8 Å². The smallest absolute Gasteiger partial charge is 0.271 e. The van der Waals surface area contributed by atoms with Crippen LogP contribution in [0.5, 0.6) is 0 Å². The van der Waals surface area contributed by atoms with E-state index in [1.807, 2.05) is 43.5 Å². The van der Waals surface area contributed by atoms with E-state index in [9.17, 15) is 4.79 Å². The van der Waals surface area contributed by atoms with Crippen molar-refractivity contribution in [3.8, 4) is 0 Å². The number of hydrogen-bond acceptors (Lipinski definition) is 6. The zero-order chi connectivity index (χ0) is 21.6. The molecule has 6 nitrogen and oxygen atoms in total. The van der Waals surface area contributed by atoms with E-state index in [0.717, 1.165) is 39.1 Å². The summed E-state index contributed by atoms with van der Waals surface area (Å²) in [4.78, 5) is 25.9. The van der Waals surface area contributed by atoms with Gasteiger partial charge in [-0.1, -0.05) is 26.0 Å². The largest absolute Gasteiger partial charge is 0.370 e. The highest BCUT2D eigenvalue weighted by atomic mass is 32.1. The molecule has 0 aliphatic rings. The number of rotatable bonds is 8. The highest BCUT2D eigenvalue weighted by molar-refractivity contribution is 7.22. The Morgan fingerprint density at radius 2 is 1.65 bits per heavy atom. The number of carbonyl (C=O) groups excluding carboxylic acids is 1. The first kappa shape index (κ1) is 20.9. The van der Waals surface area contributed by atoms with Gasteiger partial charge in [0.2, 0.25) is 0 Å². The molecule has 0 bridgehead atoms. The molecule has 0 aliphatic heterocycles. The summed E-state index contributed by atoms with van der Waals surface area (Å²) in [6.45, 7) is 4.18. The maximum absolute atomic E-state index is 13.1. The van der Waals surface area contributed by atoms with Crippen LogP contribution in [0.25, 0.3) is 10.1 Å². The van der Waals surface area contributed by atoms with Crippen molar-refractivity contribution in [1.82, 2.24) is 20.3 Å². The molecule has 4 aromatic rings. The molecule has 31 heavy (non-hydrogen) atoms. The Kier molecular flexibility index (Phi) is 6.52. The van der Waals surface area contributed by atoms with Gasteiger partial charge in [0.1, 0.15) is 5.69 Å². The van der Waals surface area contributed by atoms with Crippen LogP contribution in [-0.4, -0.2) is 20.9 Å². The summed E-state index contributed by atoms with van der Waals surface area (Å²) >= 11 is 1.63. The maximum atomic E-state index is 13.1. The van der Waals surface area contributed by atoms with Crippen LogP contribution >= 0.6 is 11.3 Å². The Labute approximate surface area is 185 Å². The molecule has 4 rings (SSSR count). The van der Waals surface area contributed by atoms with Crippen molar-refractivity contribution in [2.45, 2.75) is 38.8 Å². The van der Waals surface area contributed by atoms with Gasteiger partial charge in [0.05, 0.1) is 17.1 Å². The highest BCUT2D eigenvalue weighted by Crippen LogP contribution is 2.34. The van der Waals surface area contributed by atoms with Gasteiger partial charge in [-0.3, -0.25) is 19.7 Å². The third-order valence-corrected chi connectivity index (χ3v) is 6.30. The fourth-order valence-corrected chi connectivity index (χ4v) is 4.63. The number of nitrogens with one attached hydrogen (secondary N) is 2. The van der Waals surface area contributed by atoms with E-state index in [-0.39, 0.29) is 18.0 Å². The summed E-state index contributed by atoms with van der Waals surface area (Å²) in [5.41, 5.74) is 2.57. The van der Waals surface area contributed by atoms with Gasteiger partial charge in [-0.15, -0.1) is 11.3 Å². The molecule has 2 N–H and O–H groups in total. The van der Waals surface area contributed by atoms with Gasteiger partial charge < -0.3 is 10.6 Å². The van der Waals surface area contributed by atoms with Crippen molar-refractivity contribution in [1.29, 1.82) is 0 Å². The molecule has 4 heterocycles. The fraction of sp³-hybridized carbons (Fsp3) is 0.250. The molecule has 0 spiro atoms. The van der Waals surface area contributed by atoms with Crippen molar-refractivity contribution >= 4 is 32.3 Å². The number of hydrogen-bond donors (Lipinski definition) is 2. The Hall–Kier alpha value is -3.32. The maximum Gasteiger partial charge on any atom is 0.271 e. The van der Waals surface area contributed by atoms with Crippen LogP contribution in [0, 0.1) is 0 Å². The van der Waals surface area contributed by atoms with Crippen LogP contribution in [0.4, 0.5) is 5.00 Å². The third kappa shape index (κ3) is 4.72. The van der Waals surface area contributed by atoms with E-state index in [0.29, 0.717) is 5.69 Å².